The fourth-order valence-electron chi connectivity index (χ4n) is 3.83. The summed E-state index contributed by atoms with van der Waals surface area (Å²) in [5.41, 5.74) is 2.69. The van der Waals surface area contributed by atoms with Crippen LogP contribution in [-0.4, -0.2) is 39.8 Å². The molecule has 0 saturated carbocycles. The summed E-state index contributed by atoms with van der Waals surface area (Å²) in [6, 6.07) is 10.8. The zero-order chi connectivity index (χ0) is 23.0. The second-order valence-corrected chi connectivity index (χ2v) is 10.6. The van der Waals surface area contributed by atoms with E-state index in [1.165, 1.54) is 7.11 Å². The Morgan fingerprint density at radius 3 is 2.48 bits per heavy atom. The summed E-state index contributed by atoms with van der Waals surface area (Å²) in [6.45, 7) is 7.43. The number of hydrogen-bond acceptors (Lipinski definition) is 5. The van der Waals surface area contributed by atoms with Crippen molar-refractivity contribution in [1.29, 1.82) is 0 Å². The molecule has 8 heteroatoms. The van der Waals surface area contributed by atoms with E-state index in [9.17, 15) is 13.2 Å². The predicted octanol–water partition coefficient (Wildman–Crippen LogP) is 3.50. The van der Waals surface area contributed by atoms with E-state index in [2.05, 4.69) is 5.32 Å². The molecule has 0 aliphatic carbocycles. The van der Waals surface area contributed by atoms with E-state index in [1.807, 2.05) is 52.0 Å². The van der Waals surface area contributed by atoms with Gasteiger partial charge in [0.15, 0.2) is 0 Å². The molecule has 0 aromatic heterocycles. The van der Waals surface area contributed by atoms with E-state index in [-0.39, 0.29) is 12.6 Å². The Morgan fingerprint density at radius 2 is 1.84 bits per heavy atom. The van der Waals surface area contributed by atoms with Crippen molar-refractivity contribution in [3.8, 4) is 11.5 Å². The maximum atomic E-state index is 13.0. The molecule has 7 nitrogen and oxygen atoms in total. The first-order chi connectivity index (χ1) is 14.4. The summed E-state index contributed by atoms with van der Waals surface area (Å²) in [5, 5.41) is 3.01. The number of nitrogens with one attached hydrogen (secondary N) is 1. The number of nitrogens with zero attached hydrogens (tertiary/aromatic N) is 1. The molecule has 0 bridgehead atoms. The Balaban J connectivity index is 1.89. The van der Waals surface area contributed by atoms with Gasteiger partial charge >= 0.3 is 0 Å². The molecular weight excluding hydrogens is 416 g/mol. The fourth-order valence-corrected chi connectivity index (χ4v) is 4.69. The first-order valence-electron chi connectivity index (χ1n) is 10.1. The van der Waals surface area contributed by atoms with Gasteiger partial charge in [0.1, 0.15) is 23.6 Å². The minimum Gasteiger partial charge on any atom is -0.495 e. The van der Waals surface area contributed by atoms with Crippen LogP contribution in [0.15, 0.2) is 36.4 Å². The van der Waals surface area contributed by atoms with Gasteiger partial charge in [-0.3, -0.25) is 9.10 Å². The van der Waals surface area contributed by atoms with E-state index in [0.717, 1.165) is 33.0 Å². The maximum Gasteiger partial charge on any atom is 0.241 e. The number of ether oxygens (including phenoxy) is 2. The summed E-state index contributed by atoms with van der Waals surface area (Å²) in [7, 11) is -2.25. The van der Waals surface area contributed by atoms with Crippen molar-refractivity contribution in [2.75, 3.05) is 24.2 Å². The molecule has 1 heterocycles. The third-order valence-corrected chi connectivity index (χ3v) is 6.38. The standard InChI is InChI=1S/C23H30N2O5S/c1-15-8-10-20(29-5)19(11-15)25(31(6,27)28)14-22(26)24-18-13-23(3,4)30-21-12-16(2)7-9-17(18)21/h7-12,18H,13-14H2,1-6H3,(H,24,26)/t18-/m0/s1. The summed E-state index contributed by atoms with van der Waals surface area (Å²) in [4.78, 5) is 13.0. The molecule has 1 aliphatic rings. The number of hydrogen-bond donors (Lipinski definition) is 1. The molecule has 2 aromatic carbocycles. The molecule has 3 rings (SSSR count). The number of methoxy groups -OCH3 is 1. The molecule has 0 fully saturated rings. The largest absolute Gasteiger partial charge is 0.495 e. The second kappa shape index (κ2) is 8.42. The molecule has 1 atom stereocenters. The van der Waals surface area contributed by atoms with Crippen LogP contribution >= 0.6 is 0 Å². The van der Waals surface area contributed by atoms with E-state index in [4.69, 9.17) is 9.47 Å². The summed E-state index contributed by atoms with van der Waals surface area (Å²) in [5.74, 6) is 0.724. The van der Waals surface area contributed by atoms with Crippen LogP contribution in [0.2, 0.25) is 0 Å². The van der Waals surface area contributed by atoms with Crippen LogP contribution in [-0.2, 0) is 14.8 Å². The Morgan fingerprint density at radius 1 is 1.19 bits per heavy atom. The Labute approximate surface area is 184 Å². The van der Waals surface area contributed by atoms with Gasteiger partial charge in [-0.1, -0.05) is 18.2 Å². The van der Waals surface area contributed by atoms with Crippen LogP contribution in [0, 0.1) is 13.8 Å². The Bertz CT molecular complexity index is 1100. The van der Waals surface area contributed by atoms with Crippen LogP contribution in [0.25, 0.3) is 0 Å². The molecule has 0 spiro atoms. The fraction of sp³-hybridized carbons (Fsp3) is 0.435. The number of benzene rings is 2. The zero-order valence-corrected chi connectivity index (χ0v) is 19.7. The van der Waals surface area contributed by atoms with E-state index >= 15 is 0 Å². The van der Waals surface area contributed by atoms with Crippen molar-refractivity contribution in [3.63, 3.8) is 0 Å². The van der Waals surface area contributed by atoms with Gasteiger partial charge in [0, 0.05) is 12.0 Å². The first kappa shape index (κ1) is 22.9. The number of anilines is 1. The highest BCUT2D eigenvalue weighted by atomic mass is 32.2. The topological polar surface area (TPSA) is 84.9 Å². The first-order valence-corrected chi connectivity index (χ1v) is 12.0. The van der Waals surface area contributed by atoms with Crippen molar-refractivity contribution in [3.05, 3.63) is 53.1 Å². The van der Waals surface area contributed by atoms with Crippen LogP contribution in [0.3, 0.4) is 0 Å². The van der Waals surface area contributed by atoms with Crippen LogP contribution < -0.4 is 19.1 Å². The highest BCUT2D eigenvalue weighted by molar-refractivity contribution is 7.92. The number of amides is 1. The summed E-state index contributed by atoms with van der Waals surface area (Å²) in [6.07, 6.45) is 1.65. The molecule has 1 N–H and O–H groups in total. The molecule has 2 aromatic rings. The lowest BCUT2D eigenvalue weighted by molar-refractivity contribution is -0.120. The zero-order valence-electron chi connectivity index (χ0n) is 18.9. The smallest absolute Gasteiger partial charge is 0.241 e. The molecule has 0 radical (unpaired) electrons. The van der Waals surface area contributed by atoms with Gasteiger partial charge in [0.2, 0.25) is 15.9 Å². The van der Waals surface area contributed by atoms with Gasteiger partial charge in [-0.15, -0.1) is 0 Å². The quantitative estimate of drug-likeness (QED) is 0.734. The number of fused-ring (bicyclic) bond motifs is 1. The molecule has 1 aliphatic heterocycles. The molecule has 0 saturated heterocycles. The Kier molecular flexibility index (Phi) is 6.23. The Hall–Kier alpha value is -2.74. The number of carbonyl (C=O) groups excluding carboxylic acids is 1. The summed E-state index contributed by atoms with van der Waals surface area (Å²) < 4.78 is 37.6. The predicted molar refractivity (Wildman–Crippen MR) is 121 cm³/mol. The molecule has 31 heavy (non-hydrogen) atoms. The third-order valence-electron chi connectivity index (χ3n) is 5.25. The molecular formula is C23H30N2O5S. The van der Waals surface area contributed by atoms with E-state index in [0.29, 0.717) is 17.9 Å². The average Bonchev–Trinajstić information content (AvgIpc) is 2.63. The number of aryl methyl sites for hydroxylation is 2. The van der Waals surface area contributed by atoms with Crippen LogP contribution in [0.5, 0.6) is 11.5 Å². The highest BCUT2D eigenvalue weighted by Crippen LogP contribution is 2.40. The monoisotopic (exact) mass is 446 g/mol. The minimum atomic E-state index is -3.72. The number of rotatable bonds is 6. The lowest BCUT2D eigenvalue weighted by Crippen LogP contribution is -2.45. The highest BCUT2D eigenvalue weighted by Gasteiger charge is 2.35. The third kappa shape index (κ3) is 5.31. The van der Waals surface area contributed by atoms with Crippen LogP contribution in [0.1, 0.15) is 43.0 Å². The van der Waals surface area contributed by atoms with E-state index < -0.39 is 21.5 Å². The van der Waals surface area contributed by atoms with Gasteiger partial charge in [0.25, 0.3) is 0 Å². The van der Waals surface area contributed by atoms with Gasteiger partial charge in [-0.2, -0.15) is 0 Å². The van der Waals surface area contributed by atoms with Gasteiger partial charge < -0.3 is 14.8 Å². The lowest BCUT2D eigenvalue weighted by Gasteiger charge is -2.38. The van der Waals surface area contributed by atoms with Crippen molar-refractivity contribution in [2.45, 2.75) is 45.8 Å². The van der Waals surface area contributed by atoms with Gasteiger partial charge in [-0.25, -0.2) is 8.42 Å². The molecule has 0 unspecified atom stereocenters. The number of carbonyl (C=O) groups is 1. The second-order valence-electron chi connectivity index (χ2n) is 8.67. The maximum absolute atomic E-state index is 13.0. The van der Waals surface area contributed by atoms with Gasteiger partial charge in [0.05, 0.1) is 25.1 Å². The molecule has 1 amide bonds. The minimum absolute atomic E-state index is 0.285. The average molecular weight is 447 g/mol. The van der Waals surface area contributed by atoms with Crippen LogP contribution in [0.4, 0.5) is 5.69 Å². The molecule has 168 valence electrons. The normalized spacial score (nSPS) is 17.3. The van der Waals surface area contributed by atoms with Crippen molar-refractivity contribution in [2.24, 2.45) is 0 Å². The lowest BCUT2D eigenvalue weighted by atomic mass is 9.89. The number of sulfonamides is 1. The summed E-state index contributed by atoms with van der Waals surface area (Å²) >= 11 is 0. The van der Waals surface area contributed by atoms with Crippen molar-refractivity contribution >= 4 is 21.6 Å². The SMILES string of the molecule is COc1ccc(C)cc1N(CC(=O)N[C@H]1CC(C)(C)Oc2cc(C)ccc21)S(C)(=O)=O. The van der Waals surface area contributed by atoms with Crippen molar-refractivity contribution in [1.82, 2.24) is 5.32 Å². The van der Waals surface area contributed by atoms with E-state index in [1.54, 1.807) is 12.1 Å². The van der Waals surface area contributed by atoms with Crippen molar-refractivity contribution < 1.29 is 22.7 Å². The van der Waals surface area contributed by atoms with Gasteiger partial charge in [-0.05, 0) is 57.0 Å².